The van der Waals surface area contributed by atoms with Gasteiger partial charge in [0, 0.05) is 12.6 Å². The Balaban J connectivity index is 2.18. The van der Waals surface area contributed by atoms with E-state index in [2.05, 4.69) is 10.2 Å². The number of amides is 1. The second-order valence-electron chi connectivity index (χ2n) is 4.29. The Morgan fingerprint density at radius 1 is 1.50 bits per heavy atom. The van der Waals surface area contributed by atoms with Crippen LogP contribution >= 0.6 is 0 Å². The fraction of sp³-hybridized carbons (Fsp3) is 0.167. The standard InChI is InChI=1S/C12H11FN4O/c1-17-10(18)4-7-2-6(3-9(13)11(7)17)8-5-15-16-12(8)14/h2-3,5H,4H2,1H3,(H3,14,15,16). The highest BCUT2D eigenvalue weighted by molar-refractivity contribution is 6.01. The largest absolute Gasteiger partial charge is 0.384 e. The van der Waals surface area contributed by atoms with Gasteiger partial charge in [0.05, 0.1) is 18.3 Å². The molecule has 1 aliphatic heterocycles. The quantitative estimate of drug-likeness (QED) is 0.796. The first kappa shape index (κ1) is 10.8. The monoisotopic (exact) mass is 246 g/mol. The topological polar surface area (TPSA) is 75.0 Å². The van der Waals surface area contributed by atoms with Gasteiger partial charge in [0.2, 0.25) is 5.91 Å². The van der Waals surface area contributed by atoms with E-state index in [0.29, 0.717) is 28.2 Å². The Morgan fingerprint density at radius 2 is 2.28 bits per heavy atom. The summed E-state index contributed by atoms with van der Waals surface area (Å²) >= 11 is 0. The highest BCUT2D eigenvalue weighted by atomic mass is 19.1. The molecule has 5 nitrogen and oxygen atoms in total. The van der Waals surface area contributed by atoms with Crippen LogP contribution in [0.4, 0.5) is 15.9 Å². The zero-order valence-electron chi connectivity index (χ0n) is 9.70. The summed E-state index contributed by atoms with van der Waals surface area (Å²) in [4.78, 5) is 12.9. The number of anilines is 2. The molecule has 92 valence electrons. The van der Waals surface area contributed by atoms with Gasteiger partial charge >= 0.3 is 0 Å². The summed E-state index contributed by atoms with van der Waals surface area (Å²) in [7, 11) is 1.57. The van der Waals surface area contributed by atoms with Crippen molar-refractivity contribution >= 4 is 17.4 Å². The van der Waals surface area contributed by atoms with E-state index in [0.717, 1.165) is 0 Å². The van der Waals surface area contributed by atoms with Crippen LogP contribution in [-0.2, 0) is 11.2 Å². The van der Waals surface area contributed by atoms with Crippen LogP contribution in [-0.4, -0.2) is 23.2 Å². The average molecular weight is 246 g/mol. The lowest BCUT2D eigenvalue weighted by Gasteiger charge is -2.11. The van der Waals surface area contributed by atoms with Crippen molar-refractivity contribution in [3.8, 4) is 11.1 Å². The lowest BCUT2D eigenvalue weighted by Crippen LogP contribution is -2.21. The summed E-state index contributed by atoms with van der Waals surface area (Å²) in [6.45, 7) is 0. The van der Waals surface area contributed by atoms with E-state index in [1.165, 1.54) is 17.2 Å². The van der Waals surface area contributed by atoms with Crippen molar-refractivity contribution in [3.63, 3.8) is 0 Å². The summed E-state index contributed by atoms with van der Waals surface area (Å²) < 4.78 is 14.0. The zero-order chi connectivity index (χ0) is 12.9. The van der Waals surface area contributed by atoms with Crippen LogP contribution in [0.3, 0.4) is 0 Å². The Bertz CT molecular complexity index is 650. The van der Waals surface area contributed by atoms with Crippen LogP contribution in [0.5, 0.6) is 0 Å². The predicted molar refractivity (Wildman–Crippen MR) is 65.5 cm³/mol. The minimum atomic E-state index is -0.420. The van der Waals surface area contributed by atoms with Crippen molar-refractivity contribution in [1.82, 2.24) is 10.2 Å². The molecule has 1 aromatic carbocycles. The number of halogens is 1. The molecule has 1 aliphatic rings. The third kappa shape index (κ3) is 1.38. The van der Waals surface area contributed by atoms with Gasteiger partial charge in [-0.15, -0.1) is 0 Å². The lowest BCUT2D eigenvalue weighted by molar-refractivity contribution is -0.117. The van der Waals surface area contributed by atoms with E-state index >= 15 is 0 Å². The normalized spacial score (nSPS) is 14.1. The number of hydrogen-bond donors (Lipinski definition) is 2. The molecule has 0 bridgehead atoms. The summed E-state index contributed by atoms with van der Waals surface area (Å²) in [5, 5.41) is 6.40. The van der Waals surface area contributed by atoms with Crippen LogP contribution in [0.15, 0.2) is 18.3 Å². The number of nitrogen functional groups attached to an aromatic ring is 1. The molecule has 0 saturated carbocycles. The molecule has 0 atom stereocenters. The number of nitrogens with one attached hydrogen (secondary N) is 1. The number of H-pyrrole nitrogens is 1. The van der Waals surface area contributed by atoms with Gasteiger partial charge in [-0.25, -0.2) is 4.39 Å². The maximum Gasteiger partial charge on any atom is 0.231 e. The predicted octanol–water partition coefficient (Wildman–Crippen LogP) is 1.32. The molecule has 1 amide bonds. The highest BCUT2D eigenvalue weighted by Gasteiger charge is 2.28. The number of aromatic nitrogens is 2. The zero-order valence-corrected chi connectivity index (χ0v) is 9.70. The van der Waals surface area contributed by atoms with Gasteiger partial charge in [-0.3, -0.25) is 9.89 Å². The van der Waals surface area contributed by atoms with Gasteiger partial charge in [-0.1, -0.05) is 0 Å². The first-order valence-corrected chi connectivity index (χ1v) is 5.46. The Labute approximate surface area is 102 Å². The SMILES string of the molecule is CN1C(=O)Cc2cc(-c3cn[nH]c3N)cc(F)c21. The maximum absolute atomic E-state index is 14.0. The van der Waals surface area contributed by atoms with Crippen LogP contribution < -0.4 is 10.6 Å². The van der Waals surface area contributed by atoms with Crippen LogP contribution in [0.1, 0.15) is 5.56 Å². The van der Waals surface area contributed by atoms with E-state index in [-0.39, 0.29) is 12.3 Å². The Hall–Kier alpha value is -2.37. The molecule has 0 radical (unpaired) electrons. The van der Waals surface area contributed by atoms with Crippen molar-refractivity contribution in [3.05, 3.63) is 29.7 Å². The first-order chi connectivity index (χ1) is 8.58. The summed E-state index contributed by atoms with van der Waals surface area (Å²) in [6, 6.07) is 3.15. The molecular formula is C12H11FN4O. The molecule has 0 spiro atoms. The molecule has 2 heterocycles. The van der Waals surface area contributed by atoms with E-state index in [1.807, 2.05) is 0 Å². The molecule has 0 unspecified atom stereocenters. The van der Waals surface area contributed by atoms with E-state index in [9.17, 15) is 9.18 Å². The van der Waals surface area contributed by atoms with E-state index < -0.39 is 5.82 Å². The molecule has 2 aromatic rings. The fourth-order valence-electron chi connectivity index (χ4n) is 2.25. The Morgan fingerprint density at radius 3 is 2.94 bits per heavy atom. The second kappa shape index (κ2) is 3.56. The maximum atomic E-state index is 14.0. The van der Waals surface area contributed by atoms with Gasteiger partial charge in [-0.2, -0.15) is 5.10 Å². The molecule has 0 saturated heterocycles. The van der Waals surface area contributed by atoms with Crippen molar-refractivity contribution < 1.29 is 9.18 Å². The van der Waals surface area contributed by atoms with Gasteiger partial charge < -0.3 is 10.6 Å². The fourth-order valence-corrected chi connectivity index (χ4v) is 2.25. The number of rotatable bonds is 1. The number of nitrogens with two attached hydrogens (primary N) is 1. The van der Waals surface area contributed by atoms with E-state index in [1.54, 1.807) is 13.1 Å². The summed E-state index contributed by atoms with van der Waals surface area (Å²) in [5.41, 5.74) is 8.00. The highest BCUT2D eigenvalue weighted by Crippen LogP contribution is 2.35. The second-order valence-corrected chi connectivity index (χ2v) is 4.29. The van der Waals surface area contributed by atoms with Gasteiger partial charge in [0.15, 0.2) is 0 Å². The van der Waals surface area contributed by atoms with E-state index in [4.69, 9.17) is 5.73 Å². The number of likely N-dealkylation sites (N-methyl/N-ethyl adjacent to an activating group) is 1. The summed E-state index contributed by atoms with van der Waals surface area (Å²) in [5.74, 6) is -0.148. The number of benzene rings is 1. The van der Waals surface area contributed by atoms with Gasteiger partial charge in [-0.05, 0) is 23.3 Å². The molecular weight excluding hydrogens is 235 g/mol. The van der Waals surface area contributed by atoms with Crippen molar-refractivity contribution in [2.45, 2.75) is 6.42 Å². The molecule has 0 fully saturated rings. The van der Waals surface area contributed by atoms with Crippen molar-refractivity contribution in [2.24, 2.45) is 0 Å². The smallest absolute Gasteiger partial charge is 0.231 e. The number of fused-ring (bicyclic) bond motifs is 1. The van der Waals surface area contributed by atoms with Crippen LogP contribution in [0.2, 0.25) is 0 Å². The van der Waals surface area contributed by atoms with Gasteiger partial charge in [0.25, 0.3) is 0 Å². The minimum Gasteiger partial charge on any atom is -0.384 e. The number of nitrogens with zero attached hydrogens (tertiary/aromatic N) is 2. The van der Waals surface area contributed by atoms with Crippen molar-refractivity contribution in [2.75, 3.05) is 17.7 Å². The minimum absolute atomic E-state index is 0.110. The average Bonchev–Trinajstić information content (AvgIpc) is 2.84. The molecule has 3 N–H and O–H groups in total. The lowest BCUT2D eigenvalue weighted by atomic mass is 10.0. The number of carbonyl (C=O) groups is 1. The molecule has 3 rings (SSSR count). The summed E-state index contributed by atoms with van der Waals surface area (Å²) in [6.07, 6.45) is 1.76. The molecule has 18 heavy (non-hydrogen) atoms. The Kier molecular flexibility index (Phi) is 2.13. The molecule has 1 aromatic heterocycles. The van der Waals surface area contributed by atoms with Crippen molar-refractivity contribution in [1.29, 1.82) is 0 Å². The molecule has 0 aliphatic carbocycles. The molecule has 6 heteroatoms. The van der Waals surface area contributed by atoms with Crippen LogP contribution in [0.25, 0.3) is 11.1 Å². The van der Waals surface area contributed by atoms with Crippen LogP contribution in [0, 0.1) is 5.82 Å². The number of hydrogen-bond acceptors (Lipinski definition) is 3. The third-order valence-corrected chi connectivity index (χ3v) is 3.17. The third-order valence-electron chi connectivity index (χ3n) is 3.17. The number of carbonyl (C=O) groups excluding carboxylic acids is 1. The van der Waals surface area contributed by atoms with Gasteiger partial charge in [0.1, 0.15) is 11.6 Å². The first-order valence-electron chi connectivity index (χ1n) is 5.46. The number of aromatic amines is 1.